The Balaban J connectivity index is 1.92. The number of hydrogen-bond donors (Lipinski definition) is 1. The molecule has 2 N–H and O–H groups in total. The summed E-state index contributed by atoms with van der Waals surface area (Å²) in [6, 6.07) is 5.64. The highest BCUT2D eigenvalue weighted by Gasteiger charge is 2.24. The zero-order valence-electron chi connectivity index (χ0n) is 10.6. The first-order chi connectivity index (χ1) is 9.15. The smallest absolute Gasteiger partial charge is 0.254 e. The van der Waals surface area contributed by atoms with Crippen LogP contribution in [0.5, 0.6) is 0 Å². The first-order valence-corrected chi connectivity index (χ1v) is 7.01. The van der Waals surface area contributed by atoms with Crippen LogP contribution in [0.1, 0.15) is 17.3 Å². The number of fused-ring (bicyclic) bond motifs is 1. The van der Waals surface area contributed by atoms with Crippen LogP contribution in [-0.4, -0.2) is 41.6 Å². The number of morpholine rings is 1. The Bertz CT molecular complexity index is 625. The van der Waals surface area contributed by atoms with E-state index in [0.29, 0.717) is 30.5 Å². The minimum absolute atomic E-state index is 0.0460. The van der Waals surface area contributed by atoms with Crippen LogP contribution in [-0.2, 0) is 4.74 Å². The lowest BCUT2D eigenvalue weighted by Gasteiger charge is -2.33. The van der Waals surface area contributed by atoms with E-state index in [4.69, 9.17) is 10.5 Å². The molecule has 3 rings (SSSR count). The van der Waals surface area contributed by atoms with Crippen molar-refractivity contribution in [3.8, 4) is 0 Å². The summed E-state index contributed by atoms with van der Waals surface area (Å²) in [4.78, 5) is 18.5. The number of hydrogen-bond acceptors (Lipinski definition) is 5. The topological polar surface area (TPSA) is 68.5 Å². The van der Waals surface area contributed by atoms with Crippen LogP contribution in [0.4, 0.5) is 5.13 Å². The van der Waals surface area contributed by atoms with Gasteiger partial charge in [-0.1, -0.05) is 11.3 Å². The molecule has 0 aliphatic carbocycles. The number of nitrogens with zero attached hydrogens (tertiary/aromatic N) is 2. The molecule has 6 heteroatoms. The molecule has 2 aromatic rings. The van der Waals surface area contributed by atoms with E-state index >= 15 is 0 Å². The number of amides is 1. The molecule has 1 aromatic heterocycles. The Hall–Kier alpha value is -1.66. The van der Waals surface area contributed by atoms with Gasteiger partial charge >= 0.3 is 0 Å². The van der Waals surface area contributed by atoms with Gasteiger partial charge in [0.05, 0.1) is 29.5 Å². The molecule has 1 fully saturated rings. The molecule has 2 heterocycles. The van der Waals surface area contributed by atoms with Gasteiger partial charge in [-0.2, -0.15) is 0 Å². The number of carbonyl (C=O) groups excluding carboxylic acids is 1. The van der Waals surface area contributed by atoms with E-state index in [-0.39, 0.29) is 11.9 Å². The van der Waals surface area contributed by atoms with Crippen molar-refractivity contribution in [1.29, 1.82) is 0 Å². The molecule has 0 saturated carbocycles. The second-order valence-corrected chi connectivity index (χ2v) is 5.72. The lowest BCUT2D eigenvalue weighted by atomic mass is 10.1. The average Bonchev–Trinajstić information content (AvgIpc) is 2.77. The standard InChI is InChI=1S/C13H15N3O2S/c1-8-7-18-5-4-16(8)12(17)9-2-3-10-11(6-9)19-13(14)15-10/h2-3,6,8H,4-5,7H2,1H3,(H2,14,15)/t8-/m1/s1. The molecule has 0 spiro atoms. The Morgan fingerprint density at radius 2 is 2.42 bits per heavy atom. The second-order valence-electron chi connectivity index (χ2n) is 4.66. The van der Waals surface area contributed by atoms with Crippen molar-refractivity contribution in [2.75, 3.05) is 25.5 Å². The van der Waals surface area contributed by atoms with Gasteiger partial charge in [0.1, 0.15) is 0 Å². The van der Waals surface area contributed by atoms with E-state index in [1.54, 1.807) is 0 Å². The summed E-state index contributed by atoms with van der Waals surface area (Å²) < 4.78 is 6.30. The lowest BCUT2D eigenvalue weighted by molar-refractivity contribution is 0.00360. The second kappa shape index (κ2) is 4.79. The molecule has 1 amide bonds. The number of rotatable bonds is 1. The Morgan fingerprint density at radius 3 is 3.21 bits per heavy atom. The number of ether oxygens (including phenoxy) is 1. The third-order valence-corrected chi connectivity index (χ3v) is 4.13. The van der Waals surface area contributed by atoms with E-state index in [1.165, 1.54) is 11.3 Å². The summed E-state index contributed by atoms with van der Waals surface area (Å²) in [5.74, 6) is 0.0460. The molecule has 1 atom stereocenters. The molecule has 1 aliphatic rings. The van der Waals surface area contributed by atoms with Crippen molar-refractivity contribution in [3.05, 3.63) is 23.8 Å². The zero-order valence-corrected chi connectivity index (χ0v) is 11.4. The first kappa shape index (κ1) is 12.4. The van der Waals surface area contributed by atoms with Crippen LogP contribution in [0.2, 0.25) is 0 Å². The van der Waals surface area contributed by atoms with Gasteiger partial charge in [0.2, 0.25) is 0 Å². The zero-order chi connectivity index (χ0) is 13.4. The maximum atomic E-state index is 12.5. The Labute approximate surface area is 115 Å². The maximum Gasteiger partial charge on any atom is 0.254 e. The highest BCUT2D eigenvalue weighted by Crippen LogP contribution is 2.25. The van der Waals surface area contributed by atoms with Crippen molar-refractivity contribution in [3.63, 3.8) is 0 Å². The third-order valence-electron chi connectivity index (χ3n) is 3.28. The Morgan fingerprint density at radius 1 is 1.58 bits per heavy atom. The highest BCUT2D eigenvalue weighted by atomic mass is 32.1. The summed E-state index contributed by atoms with van der Waals surface area (Å²) in [7, 11) is 0. The number of benzene rings is 1. The van der Waals surface area contributed by atoms with Crippen molar-refractivity contribution in [1.82, 2.24) is 9.88 Å². The Kier molecular flexibility index (Phi) is 3.12. The molecule has 19 heavy (non-hydrogen) atoms. The van der Waals surface area contributed by atoms with Gasteiger partial charge in [-0.05, 0) is 25.1 Å². The molecule has 0 radical (unpaired) electrons. The lowest BCUT2D eigenvalue weighted by Crippen LogP contribution is -2.47. The van der Waals surface area contributed by atoms with Crippen LogP contribution in [0, 0.1) is 0 Å². The van der Waals surface area contributed by atoms with Gasteiger partial charge in [-0.25, -0.2) is 4.98 Å². The molecule has 100 valence electrons. The molecule has 0 bridgehead atoms. The number of carbonyl (C=O) groups is 1. The van der Waals surface area contributed by atoms with Crippen molar-refractivity contribution < 1.29 is 9.53 Å². The van der Waals surface area contributed by atoms with E-state index in [9.17, 15) is 4.79 Å². The number of anilines is 1. The summed E-state index contributed by atoms with van der Waals surface area (Å²) in [5, 5.41) is 0.527. The van der Waals surface area contributed by atoms with Crippen LogP contribution >= 0.6 is 11.3 Å². The summed E-state index contributed by atoms with van der Waals surface area (Å²) in [6.45, 7) is 3.84. The van der Waals surface area contributed by atoms with E-state index < -0.39 is 0 Å². The molecular formula is C13H15N3O2S. The average molecular weight is 277 g/mol. The number of thiazole rings is 1. The van der Waals surface area contributed by atoms with Gasteiger partial charge in [-0.3, -0.25) is 4.79 Å². The molecule has 1 aliphatic heterocycles. The van der Waals surface area contributed by atoms with E-state index in [1.807, 2.05) is 30.0 Å². The van der Waals surface area contributed by atoms with Gasteiger partial charge in [0.15, 0.2) is 5.13 Å². The fourth-order valence-electron chi connectivity index (χ4n) is 2.27. The molecule has 0 unspecified atom stereocenters. The fourth-order valence-corrected chi connectivity index (χ4v) is 3.04. The maximum absolute atomic E-state index is 12.5. The quantitative estimate of drug-likeness (QED) is 0.862. The number of nitrogen functional groups attached to an aromatic ring is 1. The van der Waals surface area contributed by atoms with Gasteiger partial charge in [0.25, 0.3) is 5.91 Å². The monoisotopic (exact) mass is 277 g/mol. The predicted octanol–water partition coefficient (Wildman–Crippen LogP) is 1.74. The number of nitrogens with two attached hydrogens (primary N) is 1. The van der Waals surface area contributed by atoms with Crippen LogP contribution < -0.4 is 5.73 Å². The fraction of sp³-hybridized carbons (Fsp3) is 0.385. The molecule has 5 nitrogen and oxygen atoms in total. The summed E-state index contributed by atoms with van der Waals surface area (Å²) in [5.41, 5.74) is 7.20. The SMILES string of the molecule is C[C@@H]1COCCN1C(=O)c1ccc2nc(N)sc2c1. The summed E-state index contributed by atoms with van der Waals surface area (Å²) in [6.07, 6.45) is 0. The minimum atomic E-state index is 0.0460. The normalized spacial score (nSPS) is 19.8. The first-order valence-electron chi connectivity index (χ1n) is 6.20. The van der Waals surface area contributed by atoms with Crippen LogP contribution in [0.15, 0.2) is 18.2 Å². The minimum Gasteiger partial charge on any atom is -0.377 e. The van der Waals surface area contributed by atoms with E-state index in [2.05, 4.69) is 4.98 Å². The van der Waals surface area contributed by atoms with Gasteiger partial charge < -0.3 is 15.4 Å². The van der Waals surface area contributed by atoms with Crippen LogP contribution in [0.3, 0.4) is 0 Å². The van der Waals surface area contributed by atoms with Crippen molar-refractivity contribution >= 4 is 32.6 Å². The van der Waals surface area contributed by atoms with Crippen molar-refractivity contribution in [2.24, 2.45) is 0 Å². The van der Waals surface area contributed by atoms with Gasteiger partial charge in [-0.15, -0.1) is 0 Å². The third kappa shape index (κ3) is 2.29. The largest absolute Gasteiger partial charge is 0.377 e. The van der Waals surface area contributed by atoms with E-state index in [0.717, 1.165) is 10.2 Å². The summed E-state index contributed by atoms with van der Waals surface area (Å²) >= 11 is 1.40. The highest BCUT2D eigenvalue weighted by molar-refractivity contribution is 7.22. The van der Waals surface area contributed by atoms with Crippen molar-refractivity contribution in [2.45, 2.75) is 13.0 Å². The molecule has 1 aromatic carbocycles. The van der Waals surface area contributed by atoms with Gasteiger partial charge in [0, 0.05) is 12.1 Å². The number of aromatic nitrogens is 1. The molecular weight excluding hydrogens is 262 g/mol. The van der Waals surface area contributed by atoms with Crippen LogP contribution in [0.25, 0.3) is 10.2 Å². The molecule has 1 saturated heterocycles. The predicted molar refractivity (Wildman–Crippen MR) is 75.3 cm³/mol.